The number of thiophene rings is 1. The fraction of sp³-hybridized carbons (Fsp3) is 0.419. The molecule has 0 unspecified atom stereocenters. The van der Waals surface area contributed by atoms with Crippen molar-refractivity contribution in [2.45, 2.75) is 87.2 Å². The molecule has 3 aliphatic carbocycles. The van der Waals surface area contributed by atoms with Gasteiger partial charge in [0.1, 0.15) is 21.5 Å². The van der Waals surface area contributed by atoms with Crippen LogP contribution in [-0.4, -0.2) is 68.3 Å². The van der Waals surface area contributed by atoms with E-state index in [9.17, 15) is 23.4 Å². The zero-order valence-electron chi connectivity index (χ0n) is 31.7. The predicted octanol–water partition coefficient (Wildman–Crippen LogP) is 7.93. The fourth-order valence-corrected chi connectivity index (χ4v) is 10.9. The molecule has 9 nitrogen and oxygen atoms in total. The number of hydrogen-bond acceptors (Lipinski definition) is 9. The molecule has 4 atom stereocenters. The lowest BCUT2D eigenvalue weighted by molar-refractivity contribution is -0.0732. The van der Waals surface area contributed by atoms with Crippen LogP contribution in [0, 0.1) is 5.41 Å². The van der Waals surface area contributed by atoms with E-state index in [0.29, 0.717) is 72.5 Å². The van der Waals surface area contributed by atoms with Gasteiger partial charge in [-0.05, 0) is 117 Å². The number of rotatable bonds is 11. The Morgan fingerprint density at radius 2 is 1.69 bits per heavy atom. The number of aliphatic hydroxyl groups is 2. The number of fused-ring (bicyclic) bond motifs is 8. The largest absolute Gasteiger partial charge is 0.497 e. The van der Waals surface area contributed by atoms with Gasteiger partial charge >= 0.3 is 0 Å². The second kappa shape index (κ2) is 16.4. The van der Waals surface area contributed by atoms with Crippen molar-refractivity contribution < 1.29 is 37.6 Å². The molecule has 0 spiro atoms. The van der Waals surface area contributed by atoms with Gasteiger partial charge in [-0.3, -0.25) is 4.79 Å². The van der Waals surface area contributed by atoms with Crippen molar-refractivity contribution in [1.29, 1.82) is 0 Å². The third kappa shape index (κ3) is 8.02. The molecule has 7 rings (SSSR count). The van der Waals surface area contributed by atoms with Crippen molar-refractivity contribution in [3.63, 3.8) is 0 Å². The third-order valence-corrected chi connectivity index (χ3v) is 14.8. The normalized spacial score (nSPS) is 23.4. The zero-order chi connectivity index (χ0) is 38.7. The first-order valence-electron chi connectivity index (χ1n) is 18.4. The molecule has 3 aromatic carbocycles. The summed E-state index contributed by atoms with van der Waals surface area (Å²) in [6.45, 7) is 3.93. The molecule has 2 bridgehead atoms. The second-order valence-electron chi connectivity index (χ2n) is 14.9. The van der Waals surface area contributed by atoms with E-state index >= 15 is 0 Å². The minimum absolute atomic E-state index is 0.0340. The summed E-state index contributed by atoms with van der Waals surface area (Å²) in [7, 11) is 0.619. The molecule has 54 heavy (non-hydrogen) atoms. The van der Waals surface area contributed by atoms with Crippen molar-refractivity contribution >= 4 is 27.1 Å². The van der Waals surface area contributed by atoms with E-state index in [4.69, 9.17) is 14.2 Å². The molecule has 0 amide bonds. The standard InChI is InChI=1S/C43H51NO8S2/c1-29-8-6-21-42(2)38(36-19-11-30(24-33(45)15-10-29)25-37(36)41(46)31-12-16-34(50-3)17-13-31)20-22-43(42,47)28-44(54(48,49)40-9-7-23-53-40)27-32-14-18-35(51-4)26-39(32)52-5/h7-9,11-14,16-19,23,25-26,33,38,45,47H,6,10,15,20-22,24,27-28H2,1-5H3/t33-,38-,42-,43+/m0/s1. The first kappa shape index (κ1) is 39.7. The molecular weight excluding hydrogens is 723 g/mol. The van der Waals surface area contributed by atoms with Crippen LogP contribution < -0.4 is 14.2 Å². The summed E-state index contributed by atoms with van der Waals surface area (Å²) in [6, 6.07) is 21.5. The number of sulfonamides is 1. The van der Waals surface area contributed by atoms with Crippen LogP contribution in [0.2, 0.25) is 0 Å². The maximum Gasteiger partial charge on any atom is 0.252 e. The second-order valence-corrected chi connectivity index (χ2v) is 18.0. The first-order valence-corrected chi connectivity index (χ1v) is 20.8. The number of methoxy groups -OCH3 is 3. The quantitative estimate of drug-likeness (QED) is 0.116. The van der Waals surface area contributed by atoms with Crippen molar-refractivity contribution in [2.75, 3.05) is 27.9 Å². The number of hydrogen-bond donors (Lipinski definition) is 2. The van der Waals surface area contributed by atoms with E-state index in [-0.39, 0.29) is 29.0 Å². The molecule has 1 heterocycles. The fourth-order valence-electron chi connectivity index (χ4n) is 8.32. The summed E-state index contributed by atoms with van der Waals surface area (Å²) in [4.78, 5) is 14.4. The molecule has 11 heteroatoms. The highest BCUT2D eigenvalue weighted by Crippen LogP contribution is 2.59. The van der Waals surface area contributed by atoms with Gasteiger partial charge in [0.25, 0.3) is 10.0 Å². The van der Waals surface area contributed by atoms with E-state index in [1.165, 1.54) is 11.4 Å². The van der Waals surface area contributed by atoms with Gasteiger partial charge in [0, 0.05) is 41.3 Å². The highest BCUT2D eigenvalue weighted by atomic mass is 32.2. The first-order chi connectivity index (χ1) is 25.8. The lowest BCUT2D eigenvalue weighted by Crippen LogP contribution is -2.53. The van der Waals surface area contributed by atoms with Gasteiger partial charge < -0.3 is 24.4 Å². The molecule has 0 radical (unpaired) electrons. The maximum absolute atomic E-state index is 14.5. The number of benzene rings is 3. The monoisotopic (exact) mass is 773 g/mol. The van der Waals surface area contributed by atoms with Crippen molar-refractivity contribution in [3.8, 4) is 17.2 Å². The third-order valence-electron chi connectivity index (χ3n) is 11.6. The van der Waals surface area contributed by atoms with Crippen molar-refractivity contribution in [2.24, 2.45) is 5.41 Å². The van der Waals surface area contributed by atoms with Gasteiger partial charge in [-0.15, -0.1) is 11.3 Å². The van der Waals surface area contributed by atoms with Crippen LogP contribution in [0.15, 0.2) is 94.0 Å². The molecule has 4 aromatic rings. The molecule has 2 N–H and O–H groups in total. The molecule has 1 saturated carbocycles. The molecular formula is C43H51NO8S2. The van der Waals surface area contributed by atoms with Gasteiger partial charge in [-0.1, -0.05) is 42.8 Å². The van der Waals surface area contributed by atoms with E-state index in [2.05, 4.69) is 19.9 Å². The summed E-state index contributed by atoms with van der Waals surface area (Å²) in [5.41, 5.74) is 2.17. The van der Waals surface area contributed by atoms with Crippen LogP contribution in [0.3, 0.4) is 0 Å². The van der Waals surface area contributed by atoms with Gasteiger partial charge in [-0.25, -0.2) is 8.42 Å². The molecule has 288 valence electrons. The van der Waals surface area contributed by atoms with E-state index in [0.717, 1.165) is 34.5 Å². The number of nitrogens with zero attached hydrogens (tertiary/aromatic N) is 1. The lowest BCUT2D eigenvalue weighted by atomic mass is 9.64. The summed E-state index contributed by atoms with van der Waals surface area (Å²) in [5.74, 6) is 1.27. The number of ether oxygens (including phenoxy) is 3. The summed E-state index contributed by atoms with van der Waals surface area (Å²) < 4.78 is 47.0. The van der Waals surface area contributed by atoms with Crippen LogP contribution in [0.25, 0.3) is 0 Å². The zero-order valence-corrected chi connectivity index (χ0v) is 33.3. The Morgan fingerprint density at radius 1 is 0.944 bits per heavy atom. The highest BCUT2D eigenvalue weighted by molar-refractivity contribution is 7.91. The maximum atomic E-state index is 14.5. The highest BCUT2D eigenvalue weighted by Gasteiger charge is 2.58. The number of allylic oxidation sites excluding steroid dienone is 2. The van der Waals surface area contributed by atoms with Crippen LogP contribution in [0.4, 0.5) is 0 Å². The lowest BCUT2D eigenvalue weighted by Gasteiger charge is -2.46. The number of ketones is 1. The molecule has 1 fully saturated rings. The SMILES string of the molecule is COc1ccc(C(=O)c2cc3ccc2[C@@H]2CC[C@@](O)(CN(Cc4ccc(OC)cc4OC)S(=O)(=O)c4cccs4)[C@@]2(C)CCC=C(C)CC[C@H](O)C3)cc1. The number of carbonyl (C=O) groups excluding carboxylic acids is 1. The van der Waals surface area contributed by atoms with Gasteiger partial charge in [0.2, 0.25) is 0 Å². The Morgan fingerprint density at radius 3 is 2.37 bits per heavy atom. The number of aliphatic hydroxyl groups excluding tert-OH is 1. The van der Waals surface area contributed by atoms with E-state index in [1.54, 1.807) is 74.2 Å². The topological polar surface area (TPSA) is 123 Å². The Bertz CT molecular complexity index is 2080. The molecule has 3 aliphatic rings. The van der Waals surface area contributed by atoms with Gasteiger partial charge in [-0.2, -0.15) is 4.31 Å². The van der Waals surface area contributed by atoms with Gasteiger partial charge in [0.05, 0.1) is 33.0 Å². The van der Waals surface area contributed by atoms with Crippen LogP contribution >= 0.6 is 11.3 Å². The average Bonchev–Trinajstić information content (AvgIpc) is 3.81. The van der Waals surface area contributed by atoms with Crippen molar-refractivity contribution in [1.82, 2.24) is 4.31 Å². The van der Waals surface area contributed by atoms with Gasteiger partial charge in [0.15, 0.2) is 5.78 Å². The Kier molecular flexibility index (Phi) is 12.0. The predicted molar refractivity (Wildman–Crippen MR) is 211 cm³/mol. The Balaban J connectivity index is 1.46. The smallest absolute Gasteiger partial charge is 0.252 e. The van der Waals surface area contributed by atoms with E-state index < -0.39 is 27.1 Å². The van der Waals surface area contributed by atoms with Crippen molar-refractivity contribution in [3.05, 3.63) is 118 Å². The number of carbonyl (C=O) groups is 1. The molecule has 1 aromatic heterocycles. The van der Waals surface area contributed by atoms with Crippen LogP contribution in [0.5, 0.6) is 17.2 Å². The minimum Gasteiger partial charge on any atom is -0.497 e. The molecule has 0 saturated heterocycles. The Labute approximate surface area is 323 Å². The minimum atomic E-state index is -4.06. The average molecular weight is 774 g/mol. The summed E-state index contributed by atoms with van der Waals surface area (Å²) in [5, 5.41) is 25.8. The summed E-state index contributed by atoms with van der Waals surface area (Å²) in [6.07, 6.45) is 5.38. The van der Waals surface area contributed by atoms with Crippen LogP contribution in [0.1, 0.15) is 90.9 Å². The van der Waals surface area contributed by atoms with E-state index in [1.807, 2.05) is 18.2 Å². The molecule has 0 aliphatic heterocycles. The Hall–Kier alpha value is -4.00. The summed E-state index contributed by atoms with van der Waals surface area (Å²) >= 11 is 1.14. The van der Waals surface area contributed by atoms with Crippen LogP contribution in [-0.2, 0) is 23.0 Å².